The molecule has 5 heteroatoms. The number of nitrogens with one attached hydrogen (secondary N) is 1. The third-order valence-corrected chi connectivity index (χ3v) is 2.84. The molecule has 1 aromatic carbocycles. The van der Waals surface area contributed by atoms with Crippen molar-refractivity contribution in [3.63, 3.8) is 0 Å². The Hall–Kier alpha value is -2.56. The molecule has 2 aromatic rings. The minimum absolute atomic E-state index is 0.0308. The van der Waals surface area contributed by atoms with Crippen molar-refractivity contribution in [2.45, 2.75) is 19.9 Å². The summed E-state index contributed by atoms with van der Waals surface area (Å²) in [5.41, 5.74) is 1.10. The minimum Gasteiger partial charge on any atom is -0.494 e. The normalized spacial score (nSPS) is 10.1. The van der Waals surface area contributed by atoms with Crippen LogP contribution >= 0.6 is 0 Å². The fourth-order valence-electron chi connectivity index (χ4n) is 1.77. The number of ether oxygens (including phenoxy) is 1. The van der Waals surface area contributed by atoms with Crippen LogP contribution in [0.5, 0.6) is 5.75 Å². The zero-order valence-corrected chi connectivity index (χ0v) is 11.9. The van der Waals surface area contributed by atoms with Gasteiger partial charge in [0.1, 0.15) is 11.6 Å². The molecule has 21 heavy (non-hydrogen) atoms. The second kappa shape index (κ2) is 7.28. The highest BCUT2D eigenvalue weighted by molar-refractivity contribution is 5.85. The number of pyridine rings is 1. The summed E-state index contributed by atoms with van der Waals surface area (Å²) in [6.45, 7) is 3.35. The van der Waals surface area contributed by atoms with Crippen LogP contribution in [-0.4, -0.2) is 22.7 Å². The molecule has 0 fully saturated rings. The molecule has 0 bridgehead atoms. The van der Waals surface area contributed by atoms with Crippen molar-refractivity contribution in [2.24, 2.45) is 0 Å². The molecule has 110 valence electrons. The van der Waals surface area contributed by atoms with Gasteiger partial charge >= 0.3 is 5.97 Å². The molecule has 0 amide bonds. The molecule has 1 heterocycles. The molecule has 0 unspecified atom stereocenters. The van der Waals surface area contributed by atoms with Crippen LogP contribution in [0.2, 0.25) is 0 Å². The lowest BCUT2D eigenvalue weighted by Gasteiger charge is -2.08. The fourth-order valence-corrected chi connectivity index (χ4v) is 1.77. The lowest BCUT2D eigenvalue weighted by Crippen LogP contribution is -2.05. The van der Waals surface area contributed by atoms with Crippen molar-refractivity contribution in [3.8, 4) is 5.75 Å². The molecule has 0 saturated carbocycles. The first-order valence-corrected chi connectivity index (χ1v) is 6.85. The predicted octanol–water partition coefficient (Wildman–Crippen LogP) is 3.18. The zero-order valence-electron chi connectivity index (χ0n) is 11.9. The van der Waals surface area contributed by atoms with Crippen LogP contribution < -0.4 is 10.1 Å². The Balaban J connectivity index is 1.93. The van der Waals surface area contributed by atoms with E-state index in [0.29, 0.717) is 19.0 Å². The largest absolute Gasteiger partial charge is 0.494 e. The second-order valence-electron chi connectivity index (χ2n) is 4.56. The Morgan fingerprint density at radius 2 is 2.00 bits per heavy atom. The Kier molecular flexibility index (Phi) is 5.15. The van der Waals surface area contributed by atoms with Crippen molar-refractivity contribution in [1.29, 1.82) is 0 Å². The summed E-state index contributed by atoms with van der Waals surface area (Å²) in [5.74, 6) is 0.365. The van der Waals surface area contributed by atoms with Gasteiger partial charge in [-0.3, -0.25) is 0 Å². The average Bonchev–Trinajstić information content (AvgIpc) is 2.52. The van der Waals surface area contributed by atoms with Gasteiger partial charge in [-0.1, -0.05) is 25.1 Å². The number of hydrogen-bond acceptors (Lipinski definition) is 4. The fraction of sp³-hybridized carbons (Fsp3) is 0.250. The molecule has 0 radical (unpaired) electrons. The Labute approximate surface area is 123 Å². The van der Waals surface area contributed by atoms with E-state index in [1.807, 2.05) is 24.3 Å². The highest BCUT2D eigenvalue weighted by Gasteiger charge is 2.04. The highest BCUT2D eigenvalue weighted by Crippen LogP contribution is 2.14. The number of aromatic nitrogens is 1. The van der Waals surface area contributed by atoms with Crippen LogP contribution in [0.15, 0.2) is 42.5 Å². The first-order chi connectivity index (χ1) is 10.2. The van der Waals surface area contributed by atoms with Crippen molar-refractivity contribution in [1.82, 2.24) is 4.98 Å². The van der Waals surface area contributed by atoms with Crippen molar-refractivity contribution in [2.75, 3.05) is 11.9 Å². The van der Waals surface area contributed by atoms with Crippen LogP contribution in [0.1, 0.15) is 29.4 Å². The lowest BCUT2D eigenvalue weighted by molar-refractivity contribution is 0.0690. The molecule has 1 aromatic heterocycles. The number of nitrogens with zero attached hydrogens (tertiary/aromatic N) is 1. The number of carboxylic acids is 1. The summed E-state index contributed by atoms with van der Waals surface area (Å²) >= 11 is 0. The van der Waals surface area contributed by atoms with E-state index >= 15 is 0 Å². The van der Waals surface area contributed by atoms with E-state index in [2.05, 4.69) is 17.2 Å². The maximum absolute atomic E-state index is 10.8. The Bertz CT molecular complexity index is 597. The van der Waals surface area contributed by atoms with Gasteiger partial charge in [-0.05, 0) is 36.2 Å². The monoisotopic (exact) mass is 286 g/mol. The van der Waals surface area contributed by atoms with E-state index in [1.54, 1.807) is 12.1 Å². The van der Waals surface area contributed by atoms with Crippen LogP contribution in [-0.2, 0) is 6.54 Å². The second-order valence-corrected chi connectivity index (χ2v) is 4.56. The van der Waals surface area contributed by atoms with Gasteiger partial charge in [0.2, 0.25) is 0 Å². The smallest absolute Gasteiger partial charge is 0.354 e. The van der Waals surface area contributed by atoms with Gasteiger partial charge in [-0.15, -0.1) is 0 Å². The summed E-state index contributed by atoms with van der Waals surface area (Å²) in [6.07, 6.45) is 0.981. The SMILES string of the molecule is CCCOc1ccc(CNc2cccc(C(=O)O)n2)cc1. The molecule has 0 aliphatic heterocycles. The van der Waals surface area contributed by atoms with Gasteiger partial charge in [-0.2, -0.15) is 0 Å². The topological polar surface area (TPSA) is 71.5 Å². The number of carboxylic acid groups (broad SMARTS) is 1. The van der Waals surface area contributed by atoms with E-state index in [-0.39, 0.29) is 5.69 Å². The third-order valence-electron chi connectivity index (χ3n) is 2.84. The number of benzene rings is 1. The quantitative estimate of drug-likeness (QED) is 0.818. The molecule has 2 N–H and O–H groups in total. The van der Waals surface area contributed by atoms with E-state index in [4.69, 9.17) is 9.84 Å². The molecule has 5 nitrogen and oxygen atoms in total. The molecule has 0 spiro atoms. The standard InChI is InChI=1S/C16H18N2O3/c1-2-10-21-13-8-6-12(7-9-13)11-17-15-5-3-4-14(18-15)16(19)20/h3-9H,2,10-11H2,1H3,(H,17,18)(H,19,20). The number of rotatable bonds is 7. The first-order valence-electron chi connectivity index (χ1n) is 6.85. The minimum atomic E-state index is -1.03. The number of anilines is 1. The van der Waals surface area contributed by atoms with Gasteiger partial charge in [0.15, 0.2) is 5.69 Å². The summed E-state index contributed by atoms with van der Waals surface area (Å²) in [7, 11) is 0. The third kappa shape index (κ3) is 4.49. The zero-order chi connectivity index (χ0) is 15.1. The van der Waals surface area contributed by atoms with Crippen molar-refractivity contribution >= 4 is 11.8 Å². The van der Waals surface area contributed by atoms with Gasteiger partial charge in [0.05, 0.1) is 6.61 Å². The van der Waals surface area contributed by atoms with E-state index in [9.17, 15) is 4.79 Å². The predicted molar refractivity (Wildman–Crippen MR) is 80.8 cm³/mol. The van der Waals surface area contributed by atoms with Gasteiger partial charge in [0, 0.05) is 6.54 Å². The van der Waals surface area contributed by atoms with E-state index in [0.717, 1.165) is 17.7 Å². The maximum Gasteiger partial charge on any atom is 0.354 e. The first kappa shape index (κ1) is 14.8. The maximum atomic E-state index is 10.8. The highest BCUT2D eigenvalue weighted by atomic mass is 16.5. The summed E-state index contributed by atoms with van der Waals surface area (Å²) in [6, 6.07) is 12.7. The molecular formula is C16H18N2O3. The van der Waals surface area contributed by atoms with Crippen LogP contribution in [0.3, 0.4) is 0 Å². The summed E-state index contributed by atoms with van der Waals surface area (Å²) in [5, 5.41) is 12.0. The van der Waals surface area contributed by atoms with Gasteiger partial charge in [-0.25, -0.2) is 9.78 Å². The molecule has 2 rings (SSSR count). The molecular weight excluding hydrogens is 268 g/mol. The van der Waals surface area contributed by atoms with Crippen LogP contribution in [0.25, 0.3) is 0 Å². The Morgan fingerprint density at radius 3 is 2.67 bits per heavy atom. The number of hydrogen-bond donors (Lipinski definition) is 2. The number of aromatic carboxylic acids is 1. The summed E-state index contributed by atoms with van der Waals surface area (Å²) in [4.78, 5) is 14.9. The van der Waals surface area contributed by atoms with Crippen molar-refractivity contribution < 1.29 is 14.6 Å². The average molecular weight is 286 g/mol. The summed E-state index contributed by atoms with van der Waals surface area (Å²) < 4.78 is 5.52. The van der Waals surface area contributed by atoms with Crippen LogP contribution in [0.4, 0.5) is 5.82 Å². The van der Waals surface area contributed by atoms with Crippen molar-refractivity contribution in [3.05, 3.63) is 53.7 Å². The molecule has 0 atom stereocenters. The Morgan fingerprint density at radius 1 is 1.24 bits per heavy atom. The van der Waals surface area contributed by atoms with Gasteiger partial charge < -0.3 is 15.2 Å². The van der Waals surface area contributed by atoms with Crippen LogP contribution in [0, 0.1) is 0 Å². The molecule has 0 saturated heterocycles. The molecule has 0 aliphatic carbocycles. The van der Waals surface area contributed by atoms with E-state index < -0.39 is 5.97 Å². The number of carbonyl (C=O) groups is 1. The van der Waals surface area contributed by atoms with E-state index in [1.165, 1.54) is 6.07 Å². The lowest BCUT2D eigenvalue weighted by atomic mass is 10.2. The van der Waals surface area contributed by atoms with Gasteiger partial charge in [0.25, 0.3) is 0 Å². The molecule has 0 aliphatic rings.